The molecule has 1 aliphatic rings. The van der Waals surface area contributed by atoms with E-state index < -0.39 is 17.5 Å². The Kier molecular flexibility index (Phi) is 4.47. The maximum absolute atomic E-state index is 14.5. The minimum atomic E-state index is -0.654. The molecule has 121 valence electrons. The van der Waals surface area contributed by atoms with E-state index in [1.807, 2.05) is 6.07 Å². The number of hydrogen-bond acceptors (Lipinski definition) is 0. The Balaban J connectivity index is 1.91. The van der Waals surface area contributed by atoms with E-state index >= 15 is 0 Å². The van der Waals surface area contributed by atoms with Crippen LogP contribution in [0, 0.1) is 36.2 Å². The molecule has 0 bridgehead atoms. The van der Waals surface area contributed by atoms with Crippen molar-refractivity contribution in [3.05, 3.63) is 64.8 Å². The summed E-state index contributed by atoms with van der Waals surface area (Å²) in [5.41, 5.74) is 1.33. The molecule has 1 saturated carbocycles. The van der Waals surface area contributed by atoms with Crippen LogP contribution in [0.25, 0.3) is 11.1 Å². The summed E-state index contributed by atoms with van der Waals surface area (Å²) in [5, 5.41) is 0. The van der Waals surface area contributed by atoms with Crippen molar-refractivity contribution in [2.45, 2.75) is 39.5 Å². The molecule has 1 aliphatic carbocycles. The van der Waals surface area contributed by atoms with Crippen LogP contribution < -0.4 is 0 Å². The second kappa shape index (κ2) is 6.38. The van der Waals surface area contributed by atoms with Gasteiger partial charge < -0.3 is 0 Å². The van der Waals surface area contributed by atoms with Gasteiger partial charge in [-0.25, -0.2) is 13.2 Å². The van der Waals surface area contributed by atoms with Crippen LogP contribution in [0.5, 0.6) is 0 Å². The number of hydrogen-bond donors (Lipinski definition) is 0. The lowest BCUT2D eigenvalue weighted by molar-refractivity contribution is 0.416. The van der Waals surface area contributed by atoms with E-state index in [2.05, 4.69) is 6.92 Å². The monoisotopic (exact) mass is 317 g/mol. The lowest BCUT2D eigenvalue weighted by atomic mass is 9.79. The first kappa shape index (κ1) is 16.1. The molecule has 3 heteroatoms. The largest absolute Gasteiger partial charge is 0.207 e. The Bertz CT molecular complexity index is 690. The molecule has 1 radical (unpaired) electrons. The molecule has 0 amide bonds. The Morgan fingerprint density at radius 3 is 1.96 bits per heavy atom. The molecule has 0 saturated heterocycles. The molecular weight excluding hydrogens is 297 g/mol. The van der Waals surface area contributed by atoms with Gasteiger partial charge in [0, 0.05) is 17.0 Å². The maximum atomic E-state index is 14.5. The highest BCUT2D eigenvalue weighted by Gasteiger charge is 2.21. The van der Waals surface area contributed by atoms with Crippen molar-refractivity contribution in [2.75, 3.05) is 0 Å². The smallest absolute Gasteiger partial charge is 0.131 e. The molecule has 2 aromatic rings. The van der Waals surface area contributed by atoms with E-state index in [9.17, 15) is 13.2 Å². The van der Waals surface area contributed by atoms with Gasteiger partial charge in [0.25, 0.3) is 0 Å². The first-order chi connectivity index (χ1) is 11.0. The summed E-state index contributed by atoms with van der Waals surface area (Å²) < 4.78 is 41.9. The van der Waals surface area contributed by atoms with Crippen LogP contribution in [0.2, 0.25) is 0 Å². The third-order valence-corrected chi connectivity index (χ3v) is 4.85. The minimum absolute atomic E-state index is 0.0438. The highest BCUT2D eigenvalue weighted by Crippen LogP contribution is 2.36. The number of rotatable bonds is 2. The Labute approximate surface area is 135 Å². The zero-order valence-corrected chi connectivity index (χ0v) is 13.4. The van der Waals surface area contributed by atoms with Gasteiger partial charge in [-0.05, 0) is 67.9 Å². The zero-order valence-electron chi connectivity index (χ0n) is 13.4. The van der Waals surface area contributed by atoms with Crippen molar-refractivity contribution in [1.29, 1.82) is 0 Å². The van der Waals surface area contributed by atoms with Crippen LogP contribution in [-0.2, 0) is 0 Å². The van der Waals surface area contributed by atoms with Crippen LogP contribution in [0.1, 0.15) is 43.7 Å². The second-order valence-electron chi connectivity index (χ2n) is 6.55. The summed E-state index contributed by atoms with van der Waals surface area (Å²) in [6.45, 7) is 3.61. The van der Waals surface area contributed by atoms with Gasteiger partial charge in [0.05, 0.1) is 0 Å². The van der Waals surface area contributed by atoms with Crippen molar-refractivity contribution in [2.24, 2.45) is 5.92 Å². The molecule has 0 N–H and O–H groups in total. The Hall–Kier alpha value is -1.77. The fourth-order valence-electron chi connectivity index (χ4n) is 3.17. The first-order valence-electron chi connectivity index (χ1n) is 8.06. The lowest BCUT2D eigenvalue weighted by Gasteiger charge is -2.26. The Morgan fingerprint density at radius 1 is 0.826 bits per heavy atom. The minimum Gasteiger partial charge on any atom is -0.207 e. The molecule has 23 heavy (non-hydrogen) atoms. The molecule has 3 rings (SSSR count). The molecule has 0 unspecified atom stereocenters. The van der Waals surface area contributed by atoms with Gasteiger partial charge in [-0.3, -0.25) is 0 Å². The molecule has 0 heterocycles. The van der Waals surface area contributed by atoms with Gasteiger partial charge in [-0.2, -0.15) is 0 Å². The van der Waals surface area contributed by atoms with E-state index in [1.165, 1.54) is 31.0 Å². The van der Waals surface area contributed by atoms with Crippen LogP contribution in [-0.4, -0.2) is 0 Å². The van der Waals surface area contributed by atoms with E-state index in [0.29, 0.717) is 0 Å². The molecule has 0 atom stereocenters. The van der Waals surface area contributed by atoms with E-state index in [1.54, 1.807) is 6.07 Å². The SMILES string of the molecule is Cc1c(F)cc(-c2ccc([C]3CCC(C)CC3)cc2F)cc1F. The Morgan fingerprint density at radius 2 is 1.39 bits per heavy atom. The standard InChI is InChI=1S/C20H20F3/c1-12-3-5-14(6-4-12)15-7-8-17(20(23)9-15)16-10-18(21)13(2)19(22)11-16/h7-12H,3-6H2,1-2H3. The summed E-state index contributed by atoms with van der Waals surface area (Å²) in [5.74, 6) is 0.255. The summed E-state index contributed by atoms with van der Waals surface area (Å²) >= 11 is 0. The van der Waals surface area contributed by atoms with Crippen molar-refractivity contribution in [3.63, 3.8) is 0 Å². The third kappa shape index (κ3) is 3.29. The van der Waals surface area contributed by atoms with Gasteiger partial charge in [-0.1, -0.05) is 19.1 Å². The van der Waals surface area contributed by atoms with E-state index in [0.717, 1.165) is 37.2 Å². The topological polar surface area (TPSA) is 0 Å². The van der Waals surface area contributed by atoms with Crippen LogP contribution in [0.4, 0.5) is 13.2 Å². The average molecular weight is 317 g/mol. The average Bonchev–Trinajstić information content (AvgIpc) is 2.53. The highest BCUT2D eigenvalue weighted by molar-refractivity contribution is 5.65. The van der Waals surface area contributed by atoms with Crippen molar-refractivity contribution in [1.82, 2.24) is 0 Å². The number of benzene rings is 2. The van der Waals surface area contributed by atoms with Crippen LogP contribution in [0.3, 0.4) is 0 Å². The van der Waals surface area contributed by atoms with Crippen molar-refractivity contribution in [3.8, 4) is 11.1 Å². The fourth-order valence-corrected chi connectivity index (χ4v) is 3.17. The quantitative estimate of drug-likeness (QED) is 0.617. The third-order valence-electron chi connectivity index (χ3n) is 4.85. The summed E-state index contributed by atoms with van der Waals surface area (Å²) in [7, 11) is 0. The van der Waals surface area contributed by atoms with Gasteiger partial charge in [0.1, 0.15) is 17.5 Å². The predicted octanol–water partition coefficient (Wildman–Crippen LogP) is 6.21. The van der Waals surface area contributed by atoms with Gasteiger partial charge in [-0.15, -0.1) is 0 Å². The maximum Gasteiger partial charge on any atom is 0.131 e. The molecule has 0 spiro atoms. The van der Waals surface area contributed by atoms with E-state index in [4.69, 9.17) is 0 Å². The molecule has 2 aromatic carbocycles. The summed E-state index contributed by atoms with van der Waals surface area (Å²) in [6, 6.07) is 7.35. The van der Waals surface area contributed by atoms with Crippen LogP contribution >= 0.6 is 0 Å². The van der Waals surface area contributed by atoms with E-state index in [-0.39, 0.29) is 16.7 Å². The normalized spacial score (nSPS) is 16.7. The highest BCUT2D eigenvalue weighted by atomic mass is 19.1. The fraction of sp³-hybridized carbons (Fsp3) is 0.350. The lowest BCUT2D eigenvalue weighted by Crippen LogP contribution is -2.11. The first-order valence-corrected chi connectivity index (χ1v) is 8.06. The molecule has 1 fully saturated rings. The summed E-state index contributed by atoms with van der Waals surface area (Å²) in [4.78, 5) is 0. The van der Waals surface area contributed by atoms with Gasteiger partial charge >= 0.3 is 0 Å². The molecule has 0 aromatic heterocycles. The van der Waals surface area contributed by atoms with Gasteiger partial charge in [0.15, 0.2) is 0 Å². The van der Waals surface area contributed by atoms with Crippen LogP contribution in [0.15, 0.2) is 30.3 Å². The zero-order chi connectivity index (χ0) is 16.6. The number of halogens is 3. The second-order valence-corrected chi connectivity index (χ2v) is 6.55. The van der Waals surface area contributed by atoms with Gasteiger partial charge in [0.2, 0.25) is 0 Å². The van der Waals surface area contributed by atoms with Crippen molar-refractivity contribution >= 4 is 0 Å². The molecule has 0 aliphatic heterocycles. The molecule has 0 nitrogen and oxygen atoms in total. The predicted molar refractivity (Wildman–Crippen MR) is 86.5 cm³/mol. The summed E-state index contributed by atoms with van der Waals surface area (Å²) in [6.07, 6.45) is 4.25. The van der Waals surface area contributed by atoms with Crippen molar-refractivity contribution < 1.29 is 13.2 Å². The molecular formula is C20H20F3.